The smallest absolute Gasteiger partial charge is 0.224 e. The van der Waals surface area contributed by atoms with Crippen LogP contribution in [0.25, 0.3) is 11.3 Å². The summed E-state index contributed by atoms with van der Waals surface area (Å²) < 4.78 is 40.6. The molecule has 2 heterocycles. The number of rotatable bonds is 5. The standard InChI is InChI=1S/C27H37FN4O4S/c1-17(16-29)30-25(33)22-15-19(28)7-10-21(22)23-24(36-26(31-23)27(2,3)4)18-5-8-20(9-6-18)32-11-13-37(34,35)14-12-32/h5-6,8-9,17,19,21-22,34-35H,7,10-15H2,1-4H3,(H,30,33)/t17-,19-,21+,22+/m0/s1. The van der Waals surface area contributed by atoms with Gasteiger partial charge in [0.05, 0.1) is 23.3 Å². The number of anilines is 1. The van der Waals surface area contributed by atoms with E-state index in [0.29, 0.717) is 54.8 Å². The Hall–Kier alpha value is -2.61. The molecule has 1 aromatic heterocycles. The van der Waals surface area contributed by atoms with Crippen LogP contribution in [-0.4, -0.2) is 56.8 Å². The number of hydrogen-bond acceptors (Lipinski definition) is 7. The van der Waals surface area contributed by atoms with Crippen LogP contribution in [0.3, 0.4) is 0 Å². The van der Waals surface area contributed by atoms with Gasteiger partial charge in [-0.2, -0.15) is 15.9 Å². The summed E-state index contributed by atoms with van der Waals surface area (Å²) in [7, 11) is -2.47. The summed E-state index contributed by atoms with van der Waals surface area (Å²) in [5.74, 6) is 0.539. The highest BCUT2D eigenvalue weighted by Gasteiger charge is 2.40. The maximum Gasteiger partial charge on any atom is 0.224 e. The Morgan fingerprint density at radius 3 is 2.49 bits per heavy atom. The van der Waals surface area contributed by atoms with Crippen molar-refractivity contribution in [3.63, 3.8) is 0 Å². The van der Waals surface area contributed by atoms with Crippen LogP contribution in [0.5, 0.6) is 0 Å². The first-order valence-electron chi connectivity index (χ1n) is 12.8. The minimum atomic E-state index is -2.47. The van der Waals surface area contributed by atoms with Crippen LogP contribution in [0.4, 0.5) is 10.1 Å². The van der Waals surface area contributed by atoms with Gasteiger partial charge < -0.3 is 14.6 Å². The third-order valence-electron chi connectivity index (χ3n) is 7.19. The number of hydrogen-bond donors (Lipinski definition) is 3. The van der Waals surface area contributed by atoms with Gasteiger partial charge in [-0.1, -0.05) is 20.8 Å². The number of carbonyl (C=O) groups is 1. The number of halogens is 1. The van der Waals surface area contributed by atoms with Crippen molar-refractivity contribution < 1.29 is 22.7 Å². The van der Waals surface area contributed by atoms with Crippen LogP contribution >= 0.6 is 10.6 Å². The Morgan fingerprint density at radius 2 is 1.89 bits per heavy atom. The molecule has 2 aromatic rings. The van der Waals surface area contributed by atoms with Crippen LogP contribution in [0, 0.1) is 17.2 Å². The highest BCUT2D eigenvalue weighted by Crippen LogP contribution is 2.45. The average molecular weight is 533 g/mol. The molecule has 1 saturated carbocycles. The van der Waals surface area contributed by atoms with E-state index < -0.39 is 28.7 Å². The first-order valence-corrected chi connectivity index (χ1v) is 14.7. The van der Waals surface area contributed by atoms with Crippen molar-refractivity contribution in [2.24, 2.45) is 5.92 Å². The Balaban J connectivity index is 1.67. The van der Waals surface area contributed by atoms with E-state index >= 15 is 0 Å². The van der Waals surface area contributed by atoms with E-state index in [9.17, 15) is 18.3 Å². The molecular formula is C27H37FN4O4S. The summed E-state index contributed by atoms with van der Waals surface area (Å²) in [4.78, 5) is 20.1. The van der Waals surface area contributed by atoms with Gasteiger partial charge >= 0.3 is 0 Å². The fourth-order valence-electron chi connectivity index (χ4n) is 5.01. The molecule has 1 amide bonds. The SMILES string of the molecule is C[C@@H](C#N)NC(=O)[C@@H]1C[C@@H](F)CC[C@H]1c1nc(C(C)(C)C)oc1-c1ccc(N2CCS(O)(O)CC2)cc1. The van der Waals surface area contributed by atoms with Crippen molar-refractivity contribution in [3.05, 3.63) is 35.9 Å². The third kappa shape index (κ3) is 6.28. The quantitative estimate of drug-likeness (QED) is 0.467. The van der Waals surface area contributed by atoms with Crippen molar-refractivity contribution in [1.82, 2.24) is 10.3 Å². The molecule has 1 aliphatic carbocycles. The van der Waals surface area contributed by atoms with Gasteiger partial charge in [0, 0.05) is 41.6 Å². The van der Waals surface area contributed by atoms with Crippen molar-refractivity contribution in [2.45, 2.75) is 70.5 Å². The summed E-state index contributed by atoms with van der Waals surface area (Å²) in [5.41, 5.74) is 2.09. The Morgan fingerprint density at radius 1 is 1.24 bits per heavy atom. The summed E-state index contributed by atoms with van der Waals surface area (Å²) in [6, 6.07) is 9.20. The molecule has 0 spiro atoms. The maximum atomic E-state index is 14.5. The summed E-state index contributed by atoms with van der Waals surface area (Å²) >= 11 is 0. The lowest BCUT2D eigenvalue weighted by molar-refractivity contribution is -0.127. The van der Waals surface area contributed by atoms with E-state index in [2.05, 4.69) is 10.2 Å². The Kier molecular flexibility index (Phi) is 7.88. The summed E-state index contributed by atoms with van der Waals surface area (Å²) in [5, 5.41) is 11.9. The Labute approximate surface area is 219 Å². The molecule has 0 bridgehead atoms. The predicted octanol–water partition coefficient (Wildman–Crippen LogP) is 5.46. The third-order valence-corrected chi connectivity index (χ3v) is 8.87. The lowest BCUT2D eigenvalue weighted by Gasteiger charge is -2.41. The van der Waals surface area contributed by atoms with Crippen molar-refractivity contribution in [3.8, 4) is 17.4 Å². The fraction of sp³-hybridized carbons (Fsp3) is 0.593. The van der Waals surface area contributed by atoms with E-state index in [4.69, 9.17) is 14.7 Å². The topological polar surface area (TPSA) is 123 Å². The molecule has 3 N–H and O–H groups in total. The van der Waals surface area contributed by atoms with Gasteiger partial charge in [0.2, 0.25) is 11.8 Å². The molecule has 8 nitrogen and oxygen atoms in total. The van der Waals surface area contributed by atoms with Crippen LogP contribution in [0.15, 0.2) is 28.7 Å². The van der Waals surface area contributed by atoms with Crippen LogP contribution < -0.4 is 10.2 Å². The van der Waals surface area contributed by atoms with E-state index in [1.165, 1.54) is 0 Å². The van der Waals surface area contributed by atoms with Gasteiger partial charge in [0.25, 0.3) is 0 Å². The van der Waals surface area contributed by atoms with E-state index in [1.54, 1.807) is 6.92 Å². The molecular weight excluding hydrogens is 495 g/mol. The number of nitriles is 1. The second-order valence-electron chi connectivity index (χ2n) is 11.2. The second-order valence-corrected chi connectivity index (χ2v) is 13.6. The minimum Gasteiger partial charge on any atom is -0.440 e. The Bertz CT molecular complexity index is 1140. The van der Waals surface area contributed by atoms with Gasteiger partial charge in [-0.3, -0.25) is 13.9 Å². The largest absolute Gasteiger partial charge is 0.440 e. The number of oxazole rings is 1. The average Bonchev–Trinajstić information content (AvgIpc) is 3.30. The molecule has 37 heavy (non-hydrogen) atoms. The number of aromatic nitrogens is 1. The zero-order valence-electron chi connectivity index (χ0n) is 21.9. The van der Waals surface area contributed by atoms with Crippen LogP contribution in [0.2, 0.25) is 0 Å². The molecule has 4 atom stereocenters. The number of nitrogens with zero attached hydrogens (tertiary/aromatic N) is 3. The molecule has 4 rings (SSSR count). The second kappa shape index (κ2) is 10.6. The van der Waals surface area contributed by atoms with E-state index in [-0.39, 0.29) is 23.7 Å². The number of amides is 1. The van der Waals surface area contributed by atoms with Crippen molar-refractivity contribution in [1.29, 1.82) is 5.26 Å². The maximum absolute atomic E-state index is 14.5. The first-order chi connectivity index (χ1) is 17.4. The summed E-state index contributed by atoms with van der Waals surface area (Å²) in [6.07, 6.45) is -0.198. The summed E-state index contributed by atoms with van der Waals surface area (Å²) in [6.45, 7) is 8.78. The lowest BCUT2D eigenvalue weighted by Crippen LogP contribution is -2.41. The lowest BCUT2D eigenvalue weighted by atomic mass is 9.75. The normalized spacial score (nSPS) is 25.7. The zero-order valence-corrected chi connectivity index (χ0v) is 22.7. The number of nitrogens with one attached hydrogen (secondary N) is 1. The fourth-order valence-corrected chi connectivity index (χ4v) is 6.24. The number of alkyl halides is 1. The molecule has 2 fully saturated rings. The minimum absolute atomic E-state index is 0.0822. The van der Waals surface area contributed by atoms with Crippen molar-refractivity contribution >= 4 is 22.2 Å². The van der Waals surface area contributed by atoms with Gasteiger partial charge in [-0.25, -0.2) is 9.37 Å². The highest BCUT2D eigenvalue weighted by atomic mass is 32.3. The van der Waals surface area contributed by atoms with Crippen molar-refractivity contribution in [2.75, 3.05) is 29.5 Å². The molecule has 2 aliphatic rings. The molecule has 202 valence electrons. The molecule has 10 heteroatoms. The molecule has 0 radical (unpaired) electrons. The molecule has 1 saturated heterocycles. The molecule has 0 unspecified atom stereocenters. The van der Waals surface area contributed by atoms with E-state index in [1.807, 2.05) is 51.1 Å². The van der Waals surface area contributed by atoms with E-state index in [0.717, 1.165) is 11.3 Å². The first kappa shape index (κ1) is 27.4. The highest BCUT2D eigenvalue weighted by molar-refractivity contribution is 8.24. The molecule has 1 aromatic carbocycles. The van der Waals surface area contributed by atoms with Gasteiger partial charge in [0.15, 0.2) is 5.76 Å². The van der Waals surface area contributed by atoms with Crippen LogP contribution in [0.1, 0.15) is 64.5 Å². The van der Waals surface area contributed by atoms with Gasteiger partial charge in [-0.15, -0.1) is 0 Å². The number of benzene rings is 1. The zero-order chi connectivity index (χ0) is 27.0. The number of carbonyl (C=O) groups excluding carboxylic acids is 1. The van der Waals surface area contributed by atoms with Gasteiger partial charge in [0.1, 0.15) is 12.2 Å². The van der Waals surface area contributed by atoms with Gasteiger partial charge in [-0.05, 0) is 50.5 Å². The molecule has 1 aliphatic heterocycles. The monoisotopic (exact) mass is 532 g/mol. The van der Waals surface area contributed by atoms with Crippen LogP contribution in [-0.2, 0) is 10.2 Å². The predicted molar refractivity (Wildman–Crippen MR) is 144 cm³/mol.